The first-order valence-corrected chi connectivity index (χ1v) is 8.86. The van der Waals surface area contributed by atoms with E-state index in [1.807, 2.05) is 32.4 Å². The molecule has 0 aliphatic heterocycles. The van der Waals surface area contributed by atoms with Crippen LogP contribution in [0.5, 0.6) is 0 Å². The van der Waals surface area contributed by atoms with Gasteiger partial charge in [0, 0.05) is 5.57 Å². The summed E-state index contributed by atoms with van der Waals surface area (Å²) in [5.74, 6) is -0.649. The second kappa shape index (κ2) is 9.79. The summed E-state index contributed by atoms with van der Waals surface area (Å²) in [7, 11) is -3.85. The van der Waals surface area contributed by atoms with E-state index in [2.05, 4.69) is 6.58 Å². The van der Waals surface area contributed by atoms with Crippen molar-refractivity contribution in [1.82, 2.24) is 4.72 Å². The normalized spacial score (nSPS) is 12.0. The monoisotopic (exact) mass is 335 g/mol. The van der Waals surface area contributed by atoms with Crippen molar-refractivity contribution in [3.8, 4) is 0 Å². The van der Waals surface area contributed by atoms with Gasteiger partial charge in [0.25, 0.3) is 15.9 Å². The maximum absolute atomic E-state index is 12.1. The van der Waals surface area contributed by atoms with E-state index in [1.54, 1.807) is 37.3 Å². The highest BCUT2D eigenvalue weighted by Crippen LogP contribution is 2.10. The highest BCUT2D eigenvalue weighted by atomic mass is 32.2. The van der Waals surface area contributed by atoms with Gasteiger partial charge in [0.1, 0.15) is 0 Å². The largest absolute Gasteiger partial charge is 0.269 e. The number of nitrogens with one attached hydrogen (secondary N) is 1. The lowest BCUT2D eigenvalue weighted by Crippen LogP contribution is -2.31. The number of aryl methyl sites for hydroxylation is 1. The van der Waals surface area contributed by atoms with E-state index in [4.69, 9.17) is 0 Å². The van der Waals surface area contributed by atoms with Crippen LogP contribution >= 0.6 is 0 Å². The van der Waals surface area contributed by atoms with Crippen LogP contribution in [0.4, 0.5) is 0 Å². The van der Waals surface area contributed by atoms with Gasteiger partial charge in [-0.1, -0.05) is 61.9 Å². The number of sulfonamides is 1. The standard InChI is InChI=1S/C16H19NO3S.C2H6/c1-5-12(2)6-9-14(4)16(18)17-21(19,20)15-10-7-13(3)8-11-15;1-2/h5-11H,1H2,2-4H3,(H,17,18);1-2H3/b12-6-,14-9+;. The highest BCUT2D eigenvalue weighted by Gasteiger charge is 2.17. The molecule has 0 radical (unpaired) electrons. The average Bonchev–Trinajstić information content (AvgIpc) is 2.54. The van der Waals surface area contributed by atoms with Crippen molar-refractivity contribution in [1.29, 1.82) is 0 Å². The number of carbonyl (C=O) groups is 1. The van der Waals surface area contributed by atoms with E-state index in [0.29, 0.717) is 5.57 Å². The molecule has 0 heterocycles. The number of allylic oxidation sites excluding steroid dienone is 4. The Labute approximate surface area is 139 Å². The Kier molecular flexibility index (Phi) is 8.88. The van der Waals surface area contributed by atoms with Crippen molar-refractivity contribution < 1.29 is 13.2 Å². The lowest BCUT2D eigenvalue weighted by molar-refractivity contribution is -0.115. The van der Waals surface area contributed by atoms with Crippen molar-refractivity contribution >= 4 is 15.9 Å². The Morgan fingerprint density at radius 1 is 1.09 bits per heavy atom. The van der Waals surface area contributed by atoms with Crippen LogP contribution in [0.2, 0.25) is 0 Å². The van der Waals surface area contributed by atoms with Gasteiger partial charge in [0.2, 0.25) is 0 Å². The van der Waals surface area contributed by atoms with Crippen molar-refractivity contribution in [3.63, 3.8) is 0 Å². The predicted octanol–water partition coefficient (Wildman–Crippen LogP) is 3.90. The Morgan fingerprint density at radius 2 is 1.61 bits per heavy atom. The Balaban J connectivity index is 0.00000232. The molecule has 126 valence electrons. The van der Waals surface area contributed by atoms with E-state index in [9.17, 15) is 13.2 Å². The molecule has 1 aromatic carbocycles. The summed E-state index contributed by atoms with van der Waals surface area (Å²) in [5, 5.41) is 0. The molecular formula is C18H25NO3S. The minimum absolute atomic E-state index is 0.0621. The lowest BCUT2D eigenvalue weighted by Gasteiger charge is -2.07. The van der Waals surface area contributed by atoms with Gasteiger partial charge in [0.15, 0.2) is 0 Å². The third-order valence-corrected chi connectivity index (χ3v) is 4.18. The first-order chi connectivity index (χ1) is 10.8. The van der Waals surface area contributed by atoms with Crippen LogP contribution in [-0.4, -0.2) is 14.3 Å². The van der Waals surface area contributed by atoms with Crippen molar-refractivity contribution in [2.75, 3.05) is 0 Å². The summed E-state index contributed by atoms with van der Waals surface area (Å²) in [6.07, 6.45) is 4.89. The quantitative estimate of drug-likeness (QED) is 0.655. The number of carbonyl (C=O) groups excluding carboxylic acids is 1. The molecule has 0 saturated heterocycles. The molecule has 0 unspecified atom stereocenters. The molecule has 0 aliphatic carbocycles. The maximum Gasteiger partial charge on any atom is 0.264 e. The van der Waals surface area contributed by atoms with Crippen LogP contribution in [0.15, 0.2) is 65.1 Å². The number of hydrogen-bond donors (Lipinski definition) is 1. The summed E-state index contributed by atoms with van der Waals surface area (Å²) in [5.41, 5.74) is 2.12. The summed E-state index contributed by atoms with van der Waals surface area (Å²) in [6.45, 7) is 12.8. The van der Waals surface area contributed by atoms with Gasteiger partial charge in [-0.15, -0.1) is 0 Å². The number of benzene rings is 1. The third kappa shape index (κ3) is 7.10. The van der Waals surface area contributed by atoms with Gasteiger partial charge >= 0.3 is 0 Å². The van der Waals surface area contributed by atoms with Crippen LogP contribution in [0.1, 0.15) is 33.3 Å². The van der Waals surface area contributed by atoms with E-state index in [0.717, 1.165) is 11.1 Å². The van der Waals surface area contributed by atoms with Crippen molar-refractivity contribution in [3.05, 3.63) is 65.8 Å². The maximum atomic E-state index is 12.1. The second-order valence-electron chi connectivity index (χ2n) is 4.71. The fraction of sp³-hybridized carbons (Fsp3) is 0.278. The molecule has 0 atom stereocenters. The zero-order valence-corrected chi connectivity index (χ0v) is 15.2. The SMILES string of the molecule is C=C/C(C)=C\C=C(/C)C(=O)NS(=O)(=O)c1ccc(C)cc1.CC. The van der Waals surface area contributed by atoms with Crippen LogP contribution in [0, 0.1) is 6.92 Å². The Hall–Kier alpha value is -2.14. The molecule has 0 saturated carbocycles. The van der Waals surface area contributed by atoms with E-state index in [1.165, 1.54) is 12.1 Å². The van der Waals surface area contributed by atoms with Gasteiger partial charge in [-0.2, -0.15) is 0 Å². The predicted molar refractivity (Wildman–Crippen MR) is 95.6 cm³/mol. The summed E-state index contributed by atoms with van der Waals surface area (Å²) in [6, 6.07) is 6.29. The zero-order chi connectivity index (χ0) is 18.0. The summed E-state index contributed by atoms with van der Waals surface area (Å²) in [4.78, 5) is 11.9. The fourth-order valence-corrected chi connectivity index (χ4v) is 2.40. The average molecular weight is 335 g/mol. The highest BCUT2D eigenvalue weighted by molar-refractivity contribution is 7.90. The van der Waals surface area contributed by atoms with Gasteiger partial charge in [-0.3, -0.25) is 4.79 Å². The minimum atomic E-state index is -3.85. The van der Waals surface area contributed by atoms with Gasteiger partial charge in [-0.05, 0) is 32.9 Å². The van der Waals surface area contributed by atoms with Crippen LogP contribution in [0.3, 0.4) is 0 Å². The molecule has 4 nitrogen and oxygen atoms in total. The molecule has 1 N–H and O–H groups in total. The first-order valence-electron chi connectivity index (χ1n) is 7.37. The molecule has 1 amide bonds. The molecule has 1 aromatic rings. The lowest BCUT2D eigenvalue weighted by atomic mass is 10.2. The number of rotatable bonds is 5. The number of hydrogen-bond acceptors (Lipinski definition) is 3. The fourth-order valence-electron chi connectivity index (χ4n) is 1.38. The Morgan fingerprint density at radius 3 is 2.09 bits per heavy atom. The molecule has 0 spiro atoms. The van der Waals surface area contributed by atoms with Crippen LogP contribution < -0.4 is 4.72 Å². The van der Waals surface area contributed by atoms with Crippen molar-refractivity contribution in [2.45, 2.75) is 39.5 Å². The first kappa shape index (κ1) is 20.9. The van der Waals surface area contributed by atoms with E-state index in [-0.39, 0.29) is 4.90 Å². The minimum Gasteiger partial charge on any atom is -0.269 e. The summed E-state index contributed by atoms with van der Waals surface area (Å²) < 4.78 is 26.2. The molecule has 1 rings (SSSR count). The van der Waals surface area contributed by atoms with Crippen LogP contribution in [0.25, 0.3) is 0 Å². The van der Waals surface area contributed by atoms with Gasteiger partial charge in [-0.25, -0.2) is 13.1 Å². The van der Waals surface area contributed by atoms with Crippen molar-refractivity contribution in [2.24, 2.45) is 0 Å². The molecular weight excluding hydrogens is 310 g/mol. The number of amides is 1. The zero-order valence-electron chi connectivity index (χ0n) is 14.4. The van der Waals surface area contributed by atoms with Crippen LogP contribution in [-0.2, 0) is 14.8 Å². The molecule has 0 aliphatic rings. The molecule has 0 aromatic heterocycles. The Bertz CT molecular complexity index is 696. The second-order valence-corrected chi connectivity index (χ2v) is 6.39. The van der Waals surface area contributed by atoms with E-state index < -0.39 is 15.9 Å². The molecule has 0 fully saturated rings. The van der Waals surface area contributed by atoms with Gasteiger partial charge in [0.05, 0.1) is 4.90 Å². The smallest absolute Gasteiger partial charge is 0.264 e. The van der Waals surface area contributed by atoms with Gasteiger partial charge < -0.3 is 0 Å². The third-order valence-electron chi connectivity index (χ3n) is 2.83. The molecule has 0 bridgehead atoms. The van der Waals surface area contributed by atoms with E-state index >= 15 is 0 Å². The molecule has 5 heteroatoms. The topological polar surface area (TPSA) is 63.2 Å². The summed E-state index contributed by atoms with van der Waals surface area (Å²) >= 11 is 0. The molecule has 23 heavy (non-hydrogen) atoms.